The minimum Gasteiger partial charge on any atom is -0.382 e. The van der Waals surface area contributed by atoms with Gasteiger partial charge in [0.15, 0.2) is 11.5 Å². The zero-order valence-electron chi connectivity index (χ0n) is 14.0. The number of azide groups is 1. The molecular formula is C12H17N8O5P. The van der Waals surface area contributed by atoms with Crippen LogP contribution in [0.4, 0.5) is 5.82 Å². The standard InChI is InChI=1S/C12H17N8O5P/c1-22-26(21,23-2)24-4-8-7(18-19-14)3-9(25-8)20-6-17-10-11(13)15-5-16-12(10)20/h5-9H,3-4H2,1-2H3,(H2,13,15,16)/t7?,8-,9-/m1/s1. The normalized spacial score (nSPS) is 23.2. The summed E-state index contributed by atoms with van der Waals surface area (Å²) in [6, 6.07) is -0.552. The van der Waals surface area contributed by atoms with Gasteiger partial charge in [-0.15, -0.1) is 0 Å². The van der Waals surface area contributed by atoms with Crippen LogP contribution in [0.3, 0.4) is 0 Å². The minimum atomic E-state index is -3.68. The third kappa shape index (κ3) is 3.49. The van der Waals surface area contributed by atoms with Crippen molar-refractivity contribution < 1.29 is 22.9 Å². The second-order valence-corrected chi connectivity index (χ2v) is 7.21. The third-order valence-electron chi connectivity index (χ3n) is 3.95. The highest BCUT2D eigenvalue weighted by Gasteiger charge is 2.38. The number of aromatic nitrogens is 4. The second-order valence-electron chi connectivity index (χ2n) is 5.33. The molecule has 0 spiro atoms. The number of fused-ring (bicyclic) bond motifs is 1. The van der Waals surface area contributed by atoms with Gasteiger partial charge in [0.1, 0.15) is 18.1 Å². The average Bonchev–Trinajstić information content (AvgIpc) is 3.25. The maximum absolute atomic E-state index is 12.0. The Morgan fingerprint density at radius 3 is 2.92 bits per heavy atom. The smallest absolute Gasteiger partial charge is 0.382 e. The lowest BCUT2D eigenvalue weighted by Gasteiger charge is -2.19. The molecule has 0 aromatic carbocycles. The van der Waals surface area contributed by atoms with E-state index in [2.05, 4.69) is 25.0 Å². The SMILES string of the molecule is COP(=O)(OC)OC[C@H]1O[C@@H](n2cnc3c(N)ncnc32)CC1N=[N+]=[N-]. The summed E-state index contributed by atoms with van der Waals surface area (Å²) in [5, 5.41) is 3.73. The van der Waals surface area contributed by atoms with Crippen molar-refractivity contribution in [2.45, 2.75) is 24.8 Å². The summed E-state index contributed by atoms with van der Waals surface area (Å²) in [5.74, 6) is 0.249. The van der Waals surface area contributed by atoms with Gasteiger partial charge in [-0.3, -0.25) is 18.1 Å². The fourth-order valence-electron chi connectivity index (χ4n) is 2.65. The van der Waals surface area contributed by atoms with E-state index in [4.69, 9.17) is 29.6 Å². The largest absolute Gasteiger partial charge is 0.474 e. The number of phosphoric ester groups is 1. The first-order valence-corrected chi connectivity index (χ1v) is 8.96. The molecule has 2 N–H and O–H groups in total. The van der Waals surface area contributed by atoms with Crippen LogP contribution >= 0.6 is 7.82 Å². The lowest BCUT2D eigenvalue weighted by molar-refractivity contribution is -0.0248. The van der Waals surface area contributed by atoms with Crippen molar-refractivity contribution >= 4 is 24.8 Å². The number of imidazole rings is 1. The van der Waals surface area contributed by atoms with E-state index in [1.165, 1.54) is 26.9 Å². The van der Waals surface area contributed by atoms with Crippen molar-refractivity contribution in [1.29, 1.82) is 0 Å². The van der Waals surface area contributed by atoms with Crippen LogP contribution in [-0.4, -0.2) is 52.5 Å². The first kappa shape index (κ1) is 18.5. The number of nitrogen functional groups attached to an aromatic ring is 1. The number of nitrogens with two attached hydrogens (primary N) is 1. The molecule has 2 aromatic rings. The van der Waals surface area contributed by atoms with Gasteiger partial charge in [0, 0.05) is 25.6 Å². The van der Waals surface area contributed by atoms with Crippen LogP contribution in [0.5, 0.6) is 0 Å². The van der Waals surface area contributed by atoms with Crippen molar-refractivity contribution in [3.05, 3.63) is 23.1 Å². The minimum absolute atomic E-state index is 0.150. The van der Waals surface area contributed by atoms with Gasteiger partial charge in [0.2, 0.25) is 0 Å². The fraction of sp³-hybridized carbons (Fsp3) is 0.583. The molecule has 1 saturated heterocycles. The molecule has 0 aliphatic carbocycles. The van der Waals surface area contributed by atoms with Crippen molar-refractivity contribution in [2.24, 2.45) is 5.11 Å². The molecule has 14 heteroatoms. The second kappa shape index (κ2) is 7.54. The summed E-state index contributed by atoms with van der Waals surface area (Å²) >= 11 is 0. The van der Waals surface area contributed by atoms with Gasteiger partial charge in [0.05, 0.1) is 25.1 Å². The van der Waals surface area contributed by atoms with E-state index in [1.54, 1.807) is 4.57 Å². The number of hydrogen-bond donors (Lipinski definition) is 1. The van der Waals surface area contributed by atoms with Crippen LogP contribution in [0, 0.1) is 0 Å². The molecule has 0 saturated carbocycles. The van der Waals surface area contributed by atoms with Crippen molar-refractivity contribution in [2.75, 3.05) is 26.6 Å². The lowest BCUT2D eigenvalue weighted by Crippen LogP contribution is -2.24. The molecule has 0 amide bonds. The zero-order valence-corrected chi connectivity index (χ0v) is 14.9. The monoisotopic (exact) mass is 384 g/mol. The Kier molecular flexibility index (Phi) is 5.37. The predicted molar refractivity (Wildman–Crippen MR) is 88.8 cm³/mol. The summed E-state index contributed by atoms with van der Waals surface area (Å²) in [6.07, 6.45) is 2.00. The highest BCUT2D eigenvalue weighted by molar-refractivity contribution is 7.48. The van der Waals surface area contributed by atoms with Crippen LogP contribution in [0.1, 0.15) is 12.6 Å². The number of nitrogens with zero attached hydrogens (tertiary/aromatic N) is 7. The molecule has 3 atom stereocenters. The Hall–Kier alpha value is -2.27. The molecule has 3 heterocycles. The lowest BCUT2D eigenvalue weighted by atomic mass is 10.1. The number of rotatable bonds is 7. The maximum Gasteiger partial charge on any atom is 0.474 e. The molecular weight excluding hydrogens is 367 g/mol. The van der Waals surface area contributed by atoms with Gasteiger partial charge in [-0.25, -0.2) is 19.5 Å². The summed E-state index contributed by atoms with van der Waals surface area (Å²) in [6.45, 7) is -0.150. The van der Waals surface area contributed by atoms with E-state index in [1.807, 2.05) is 0 Å². The number of phosphoric acid groups is 1. The van der Waals surface area contributed by atoms with Gasteiger partial charge in [-0.2, -0.15) is 0 Å². The van der Waals surface area contributed by atoms with Crippen LogP contribution in [0.2, 0.25) is 0 Å². The molecule has 1 unspecified atom stereocenters. The van der Waals surface area contributed by atoms with E-state index in [-0.39, 0.29) is 12.4 Å². The topological polar surface area (TPSA) is 172 Å². The van der Waals surface area contributed by atoms with Gasteiger partial charge in [-0.05, 0) is 5.53 Å². The Labute approximate surface area is 147 Å². The quantitative estimate of drug-likeness (QED) is 0.323. The van der Waals surface area contributed by atoms with Gasteiger partial charge in [0.25, 0.3) is 0 Å². The van der Waals surface area contributed by atoms with Crippen molar-refractivity contribution in [3.63, 3.8) is 0 Å². The molecule has 1 fully saturated rings. The molecule has 13 nitrogen and oxygen atoms in total. The highest BCUT2D eigenvalue weighted by atomic mass is 31.2. The summed E-state index contributed by atoms with van der Waals surface area (Å²) in [5.41, 5.74) is 15.5. The first-order chi connectivity index (χ1) is 12.5. The number of anilines is 1. The predicted octanol–water partition coefficient (Wildman–Crippen LogP) is 1.79. The molecule has 140 valence electrons. The van der Waals surface area contributed by atoms with Crippen LogP contribution in [0.15, 0.2) is 17.8 Å². The number of ether oxygens (including phenoxy) is 1. The molecule has 3 rings (SSSR count). The Morgan fingerprint density at radius 2 is 2.23 bits per heavy atom. The Balaban J connectivity index is 1.81. The van der Waals surface area contributed by atoms with Gasteiger partial charge >= 0.3 is 7.82 Å². The fourth-order valence-corrected chi connectivity index (χ4v) is 3.34. The summed E-state index contributed by atoms with van der Waals surface area (Å²) in [7, 11) is -1.27. The summed E-state index contributed by atoms with van der Waals surface area (Å²) < 4.78 is 34.2. The highest BCUT2D eigenvalue weighted by Crippen LogP contribution is 2.48. The van der Waals surface area contributed by atoms with E-state index in [9.17, 15) is 4.57 Å². The molecule has 1 aliphatic rings. The van der Waals surface area contributed by atoms with E-state index >= 15 is 0 Å². The van der Waals surface area contributed by atoms with Crippen LogP contribution < -0.4 is 5.73 Å². The van der Waals surface area contributed by atoms with Crippen molar-refractivity contribution in [1.82, 2.24) is 19.5 Å². The molecule has 1 aliphatic heterocycles. The van der Waals surface area contributed by atoms with Crippen LogP contribution in [0.25, 0.3) is 21.6 Å². The zero-order chi connectivity index (χ0) is 18.7. The molecule has 0 bridgehead atoms. The maximum atomic E-state index is 12.0. The third-order valence-corrected chi connectivity index (χ3v) is 5.31. The van der Waals surface area contributed by atoms with Gasteiger partial charge < -0.3 is 10.5 Å². The Bertz CT molecular complexity index is 876. The van der Waals surface area contributed by atoms with E-state index in [0.717, 1.165) is 0 Å². The average molecular weight is 384 g/mol. The number of hydrogen-bond acceptors (Lipinski definition) is 10. The Morgan fingerprint density at radius 1 is 1.46 bits per heavy atom. The van der Waals surface area contributed by atoms with E-state index < -0.39 is 26.2 Å². The summed E-state index contributed by atoms with van der Waals surface area (Å²) in [4.78, 5) is 15.1. The first-order valence-electron chi connectivity index (χ1n) is 7.50. The van der Waals surface area contributed by atoms with Crippen molar-refractivity contribution in [3.8, 4) is 0 Å². The van der Waals surface area contributed by atoms with Gasteiger partial charge in [-0.1, -0.05) is 5.11 Å². The van der Waals surface area contributed by atoms with E-state index in [0.29, 0.717) is 17.6 Å². The molecule has 2 aromatic heterocycles. The van der Waals surface area contributed by atoms with Crippen LogP contribution in [-0.2, 0) is 22.9 Å². The molecule has 26 heavy (non-hydrogen) atoms. The molecule has 0 radical (unpaired) electrons.